The molecule has 6 nitrogen and oxygen atoms in total. The van der Waals surface area contributed by atoms with E-state index < -0.39 is 0 Å². The van der Waals surface area contributed by atoms with Gasteiger partial charge in [-0.3, -0.25) is 24.3 Å². The molecule has 0 aromatic carbocycles. The zero-order valence-electron chi connectivity index (χ0n) is 12.8. The fourth-order valence-corrected chi connectivity index (χ4v) is 3.07. The Kier molecular flexibility index (Phi) is 4.86. The monoisotopic (exact) mass is 345 g/mol. The topological polar surface area (TPSA) is 76.4 Å². The van der Waals surface area contributed by atoms with Crippen molar-refractivity contribution in [3.63, 3.8) is 0 Å². The predicted molar refractivity (Wildman–Crippen MR) is 93.3 cm³/mol. The van der Waals surface area contributed by atoms with Gasteiger partial charge in [-0.2, -0.15) is 0 Å². The number of amides is 2. The molecule has 0 aliphatic carbocycles. The van der Waals surface area contributed by atoms with E-state index in [1.807, 2.05) is 34.9 Å². The van der Waals surface area contributed by atoms with E-state index >= 15 is 0 Å². The molecule has 4 heterocycles. The fourth-order valence-electron chi connectivity index (χ4n) is 2.39. The number of carbonyl (C=O) groups excluding carboxylic acids is 2. The van der Waals surface area contributed by atoms with Crippen molar-refractivity contribution < 1.29 is 9.59 Å². The molecule has 0 saturated carbocycles. The van der Waals surface area contributed by atoms with E-state index in [9.17, 15) is 9.59 Å². The van der Waals surface area contributed by atoms with E-state index in [0.29, 0.717) is 4.91 Å². The third kappa shape index (κ3) is 3.16. The van der Waals surface area contributed by atoms with E-state index in [-0.39, 0.29) is 40.7 Å². The smallest absolute Gasteiger partial charge is 0.290 e. The number of carbonyl (C=O) groups is 2. The Bertz CT molecular complexity index is 969. The largest absolute Gasteiger partial charge is 0.299 e. The van der Waals surface area contributed by atoms with Crippen LogP contribution in [0.5, 0.6) is 0 Å². The van der Waals surface area contributed by atoms with Gasteiger partial charge >= 0.3 is 0 Å². The molecule has 24 heavy (non-hydrogen) atoms. The third-order valence-electron chi connectivity index (χ3n) is 3.44. The maximum absolute atomic E-state index is 11.6. The number of hydrogen-bond acceptors (Lipinski definition) is 5. The van der Waals surface area contributed by atoms with Crippen LogP contribution in [0, 0.1) is 0 Å². The van der Waals surface area contributed by atoms with Gasteiger partial charge in [-0.05, 0) is 47.7 Å². The molecule has 1 aliphatic rings. The van der Waals surface area contributed by atoms with Gasteiger partial charge in [-0.25, -0.2) is 4.98 Å². The maximum Gasteiger partial charge on any atom is 0.290 e. The van der Waals surface area contributed by atoms with Crippen LogP contribution in [-0.4, -0.2) is 55.1 Å². The van der Waals surface area contributed by atoms with Crippen LogP contribution >= 0.6 is 11.8 Å². The Morgan fingerprint density at radius 1 is 1.12 bits per heavy atom. The first-order chi connectivity index (χ1) is 11.2. The van der Waals surface area contributed by atoms with Gasteiger partial charge in [-0.15, -0.1) is 0 Å². The molecule has 1 saturated heterocycles. The van der Waals surface area contributed by atoms with Crippen LogP contribution in [0.4, 0.5) is 4.79 Å². The molecular formula is C16H10N4NaO2S. The van der Waals surface area contributed by atoms with Crippen molar-refractivity contribution in [3.05, 3.63) is 59.5 Å². The van der Waals surface area contributed by atoms with Gasteiger partial charge in [0.15, 0.2) is 0 Å². The fraction of sp³-hybridized carbons (Fsp3) is 0. The van der Waals surface area contributed by atoms with Crippen LogP contribution in [0.15, 0.2) is 54.0 Å². The van der Waals surface area contributed by atoms with Crippen LogP contribution in [-0.2, 0) is 4.79 Å². The molecule has 113 valence electrons. The van der Waals surface area contributed by atoms with Gasteiger partial charge in [0.05, 0.1) is 16.8 Å². The molecule has 0 spiro atoms. The number of pyridine rings is 2. The van der Waals surface area contributed by atoms with Gasteiger partial charge in [0, 0.05) is 53.7 Å². The van der Waals surface area contributed by atoms with Gasteiger partial charge in [0.2, 0.25) is 0 Å². The number of nitrogens with one attached hydrogen (secondary N) is 1. The Hall–Kier alpha value is -1.93. The van der Waals surface area contributed by atoms with Crippen molar-refractivity contribution in [3.8, 4) is 11.3 Å². The summed E-state index contributed by atoms with van der Waals surface area (Å²) in [6, 6.07) is 7.56. The SMILES string of the molecule is O=C1NC(=O)/C(=C/c2ccc3ncc(-c4ccncc4)n3c2)S1.[Na]. The Labute approximate surface area is 163 Å². The second-order valence-corrected chi connectivity index (χ2v) is 5.94. The predicted octanol–water partition coefficient (Wildman–Crippen LogP) is 2.34. The average molecular weight is 345 g/mol. The minimum atomic E-state index is -0.361. The summed E-state index contributed by atoms with van der Waals surface area (Å²) in [5.41, 5.74) is 3.56. The Morgan fingerprint density at radius 3 is 2.62 bits per heavy atom. The zero-order chi connectivity index (χ0) is 15.8. The maximum atomic E-state index is 11.6. The molecule has 3 aromatic heterocycles. The third-order valence-corrected chi connectivity index (χ3v) is 4.25. The van der Waals surface area contributed by atoms with E-state index in [1.54, 1.807) is 24.7 Å². The summed E-state index contributed by atoms with van der Waals surface area (Å²) in [6.45, 7) is 0. The van der Waals surface area contributed by atoms with E-state index in [1.165, 1.54) is 0 Å². The summed E-state index contributed by atoms with van der Waals surface area (Å²) in [5.74, 6) is -0.361. The molecule has 0 atom stereocenters. The molecule has 8 heteroatoms. The number of imide groups is 1. The molecule has 4 rings (SSSR count). The molecule has 1 aliphatic heterocycles. The first kappa shape index (κ1) is 16.9. The van der Waals surface area contributed by atoms with Crippen molar-refractivity contribution in [2.75, 3.05) is 0 Å². The number of hydrogen-bond donors (Lipinski definition) is 1. The molecule has 1 radical (unpaired) electrons. The summed E-state index contributed by atoms with van der Waals surface area (Å²) in [6.07, 6.45) is 8.84. The van der Waals surface area contributed by atoms with E-state index in [0.717, 1.165) is 34.2 Å². The number of thioether (sulfide) groups is 1. The number of imidazole rings is 1. The summed E-state index contributed by atoms with van der Waals surface area (Å²) < 4.78 is 1.95. The number of rotatable bonds is 2. The van der Waals surface area contributed by atoms with Crippen molar-refractivity contribution in [1.29, 1.82) is 0 Å². The summed E-state index contributed by atoms with van der Waals surface area (Å²) in [5, 5.41) is 1.90. The number of aromatic nitrogens is 3. The Morgan fingerprint density at radius 2 is 1.92 bits per heavy atom. The minimum absolute atomic E-state index is 0. The second-order valence-electron chi connectivity index (χ2n) is 4.92. The molecular weight excluding hydrogens is 335 g/mol. The van der Waals surface area contributed by atoms with Crippen LogP contribution in [0.25, 0.3) is 23.0 Å². The van der Waals surface area contributed by atoms with Crippen LogP contribution in [0.1, 0.15) is 5.56 Å². The molecule has 0 bridgehead atoms. The standard InChI is InChI=1S/C16H10N4O2S.Na/c21-15-13(23-16(22)19-15)7-10-1-2-14-18-8-12(20(14)9-10)11-3-5-17-6-4-11;/h1-9H,(H,19,21,22);/b13-7-;. The summed E-state index contributed by atoms with van der Waals surface area (Å²) >= 11 is 0.905. The quantitative estimate of drug-likeness (QED) is 0.570. The summed E-state index contributed by atoms with van der Waals surface area (Å²) in [4.78, 5) is 31.7. The van der Waals surface area contributed by atoms with Crippen LogP contribution in [0.2, 0.25) is 0 Å². The van der Waals surface area contributed by atoms with Crippen molar-refractivity contribution in [1.82, 2.24) is 19.7 Å². The first-order valence-electron chi connectivity index (χ1n) is 6.83. The molecule has 3 aromatic rings. The molecule has 1 fully saturated rings. The van der Waals surface area contributed by atoms with Crippen molar-refractivity contribution >= 4 is 64.2 Å². The number of fused-ring (bicyclic) bond motifs is 1. The van der Waals surface area contributed by atoms with Crippen molar-refractivity contribution in [2.24, 2.45) is 0 Å². The van der Waals surface area contributed by atoms with Crippen LogP contribution < -0.4 is 5.32 Å². The minimum Gasteiger partial charge on any atom is -0.299 e. The van der Waals surface area contributed by atoms with Gasteiger partial charge in [0.25, 0.3) is 11.1 Å². The molecule has 2 amide bonds. The second kappa shape index (κ2) is 6.90. The van der Waals surface area contributed by atoms with Gasteiger partial charge in [-0.1, -0.05) is 0 Å². The van der Waals surface area contributed by atoms with E-state index in [4.69, 9.17) is 0 Å². The summed E-state index contributed by atoms with van der Waals surface area (Å²) in [7, 11) is 0. The number of nitrogens with zero attached hydrogens (tertiary/aromatic N) is 3. The average Bonchev–Trinajstić information content (AvgIpc) is 3.11. The first-order valence-corrected chi connectivity index (χ1v) is 7.65. The van der Waals surface area contributed by atoms with Gasteiger partial charge in [0.1, 0.15) is 5.65 Å². The Balaban J connectivity index is 0.00000169. The van der Waals surface area contributed by atoms with Crippen LogP contribution in [0.3, 0.4) is 0 Å². The van der Waals surface area contributed by atoms with E-state index in [2.05, 4.69) is 15.3 Å². The zero-order valence-corrected chi connectivity index (χ0v) is 15.6. The molecule has 0 unspecified atom stereocenters. The van der Waals surface area contributed by atoms with Gasteiger partial charge < -0.3 is 0 Å². The van der Waals surface area contributed by atoms with Crippen molar-refractivity contribution in [2.45, 2.75) is 0 Å². The normalized spacial score (nSPS) is 15.6. The molecule has 1 N–H and O–H groups in total.